The maximum Gasteiger partial charge on any atom is 0.305 e. The van der Waals surface area contributed by atoms with Gasteiger partial charge in [0.1, 0.15) is 5.75 Å². The largest absolute Gasteiger partial charge is 0.481 e. The summed E-state index contributed by atoms with van der Waals surface area (Å²) in [5.74, 6) is -0.350. The third-order valence-electron chi connectivity index (χ3n) is 4.47. The first-order chi connectivity index (χ1) is 11.6. The van der Waals surface area contributed by atoms with Crippen LogP contribution in [0.15, 0.2) is 42.5 Å². The molecule has 2 atom stereocenters. The van der Waals surface area contributed by atoms with E-state index in [-0.39, 0.29) is 18.4 Å². The summed E-state index contributed by atoms with van der Waals surface area (Å²) >= 11 is 0. The highest BCUT2D eigenvalue weighted by Gasteiger charge is 2.33. The number of carboxylic acid groups (broad SMARTS) is 1. The van der Waals surface area contributed by atoms with Crippen LogP contribution in [0.4, 0.5) is 0 Å². The summed E-state index contributed by atoms with van der Waals surface area (Å²) in [5.41, 5.74) is 0. The summed E-state index contributed by atoms with van der Waals surface area (Å²) in [7, 11) is 0. The van der Waals surface area contributed by atoms with E-state index in [0.717, 1.165) is 23.6 Å². The van der Waals surface area contributed by atoms with Gasteiger partial charge in [-0.25, -0.2) is 0 Å². The fourth-order valence-corrected chi connectivity index (χ4v) is 3.31. The second-order valence-electron chi connectivity index (χ2n) is 6.16. The van der Waals surface area contributed by atoms with Crippen LogP contribution in [0.2, 0.25) is 0 Å². The molecule has 3 rings (SSSR count). The van der Waals surface area contributed by atoms with Crippen LogP contribution >= 0.6 is 0 Å². The fraction of sp³-hybridized carbons (Fsp3) is 0.368. The number of nitrogens with zero attached hydrogens (tertiary/aromatic N) is 1. The van der Waals surface area contributed by atoms with E-state index in [1.54, 1.807) is 11.8 Å². The van der Waals surface area contributed by atoms with E-state index in [0.29, 0.717) is 12.3 Å². The van der Waals surface area contributed by atoms with Gasteiger partial charge in [-0.15, -0.1) is 0 Å². The van der Waals surface area contributed by atoms with Gasteiger partial charge in [0.2, 0.25) is 0 Å². The molecule has 2 unspecified atom stereocenters. The maximum absolute atomic E-state index is 12.7. The summed E-state index contributed by atoms with van der Waals surface area (Å²) in [4.78, 5) is 25.3. The van der Waals surface area contributed by atoms with Crippen LogP contribution in [0.25, 0.3) is 10.8 Å². The van der Waals surface area contributed by atoms with Crippen LogP contribution < -0.4 is 4.74 Å². The number of fused-ring (bicyclic) bond motifs is 1. The summed E-state index contributed by atoms with van der Waals surface area (Å²) in [6.45, 7) is 2.32. The fourth-order valence-electron chi connectivity index (χ4n) is 3.31. The Bertz CT molecular complexity index is 753. The number of carbonyl (C=O) groups excluding carboxylic acids is 1. The molecule has 1 aliphatic heterocycles. The first-order valence-corrected chi connectivity index (χ1v) is 8.23. The first kappa shape index (κ1) is 16.3. The number of aliphatic carboxylic acids is 1. The quantitative estimate of drug-likeness (QED) is 0.916. The smallest absolute Gasteiger partial charge is 0.305 e. The molecule has 1 heterocycles. The molecule has 0 aliphatic carbocycles. The average molecular weight is 327 g/mol. The number of hydrogen-bond acceptors (Lipinski definition) is 3. The topological polar surface area (TPSA) is 66.8 Å². The minimum absolute atomic E-state index is 0.00721. The van der Waals surface area contributed by atoms with Crippen molar-refractivity contribution in [3.63, 3.8) is 0 Å². The van der Waals surface area contributed by atoms with Crippen molar-refractivity contribution in [2.75, 3.05) is 6.54 Å². The van der Waals surface area contributed by atoms with E-state index >= 15 is 0 Å². The lowest BCUT2D eigenvalue weighted by molar-refractivity contribution is -0.142. The van der Waals surface area contributed by atoms with Crippen LogP contribution in [-0.4, -0.2) is 40.6 Å². The highest BCUT2D eigenvalue weighted by atomic mass is 16.5. The summed E-state index contributed by atoms with van der Waals surface area (Å²) < 4.78 is 5.92. The first-order valence-electron chi connectivity index (χ1n) is 8.23. The molecule has 0 radical (unpaired) electrons. The summed E-state index contributed by atoms with van der Waals surface area (Å²) in [6, 6.07) is 13.4. The second-order valence-corrected chi connectivity index (χ2v) is 6.16. The molecule has 1 fully saturated rings. The van der Waals surface area contributed by atoms with E-state index in [9.17, 15) is 9.59 Å². The Hall–Kier alpha value is -2.56. The van der Waals surface area contributed by atoms with Crippen LogP contribution in [0, 0.1) is 0 Å². The van der Waals surface area contributed by atoms with Crippen molar-refractivity contribution in [3.8, 4) is 5.75 Å². The molecule has 2 aromatic carbocycles. The molecule has 1 N–H and O–H groups in total. The number of carboxylic acids is 1. The van der Waals surface area contributed by atoms with Gasteiger partial charge in [-0.3, -0.25) is 9.59 Å². The lowest BCUT2D eigenvalue weighted by Gasteiger charge is -2.27. The number of ether oxygens (including phenoxy) is 1. The minimum atomic E-state index is -0.873. The van der Waals surface area contributed by atoms with E-state index < -0.39 is 12.1 Å². The maximum atomic E-state index is 12.7. The van der Waals surface area contributed by atoms with Crippen molar-refractivity contribution in [1.29, 1.82) is 0 Å². The summed E-state index contributed by atoms with van der Waals surface area (Å²) in [6.07, 6.45) is 0.918. The third kappa shape index (κ3) is 3.35. The Morgan fingerprint density at radius 1 is 1.25 bits per heavy atom. The van der Waals surface area contributed by atoms with Gasteiger partial charge in [-0.05, 0) is 31.2 Å². The zero-order valence-corrected chi connectivity index (χ0v) is 13.6. The zero-order valence-electron chi connectivity index (χ0n) is 13.6. The Labute approximate surface area is 140 Å². The Kier molecular flexibility index (Phi) is 4.69. The molecule has 1 aliphatic rings. The monoisotopic (exact) mass is 327 g/mol. The molecule has 0 spiro atoms. The normalized spacial score (nSPS) is 18.5. The SMILES string of the molecule is CC(Oc1cccc2ccccc12)C(=O)N1CCCC1CC(=O)O. The van der Waals surface area contributed by atoms with Gasteiger partial charge in [-0.1, -0.05) is 36.4 Å². The molecule has 126 valence electrons. The molecule has 24 heavy (non-hydrogen) atoms. The van der Waals surface area contributed by atoms with E-state index in [4.69, 9.17) is 9.84 Å². The molecule has 0 aromatic heterocycles. The van der Waals surface area contributed by atoms with Gasteiger partial charge in [-0.2, -0.15) is 0 Å². The van der Waals surface area contributed by atoms with Gasteiger partial charge in [0.15, 0.2) is 6.10 Å². The molecule has 0 saturated carbocycles. The number of likely N-dealkylation sites (tertiary alicyclic amines) is 1. The predicted octanol–water partition coefficient (Wildman–Crippen LogP) is 3.07. The van der Waals surface area contributed by atoms with Gasteiger partial charge < -0.3 is 14.7 Å². The molecule has 0 bridgehead atoms. The van der Waals surface area contributed by atoms with E-state index in [1.807, 2.05) is 42.5 Å². The number of carbonyl (C=O) groups is 2. The Morgan fingerprint density at radius 3 is 2.79 bits per heavy atom. The predicted molar refractivity (Wildman–Crippen MR) is 91.0 cm³/mol. The Balaban J connectivity index is 1.75. The van der Waals surface area contributed by atoms with Gasteiger partial charge >= 0.3 is 5.97 Å². The molecule has 1 amide bonds. The molecule has 2 aromatic rings. The van der Waals surface area contributed by atoms with Gasteiger partial charge in [0.05, 0.1) is 6.42 Å². The van der Waals surface area contributed by atoms with Crippen LogP contribution in [0.1, 0.15) is 26.2 Å². The van der Waals surface area contributed by atoms with Crippen LogP contribution in [-0.2, 0) is 9.59 Å². The van der Waals surface area contributed by atoms with Crippen LogP contribution in [0.5, 0.6) is 5.75 Å². The van der Waals surface area contributed by atoms with Crippen molar-refractivity contribution < 1.29 is 19.4 Å². The minimum Gasteiger partial charge on any atom is -0.481 e. The highest BCUT2D eigenvalue weighted by Crippen LogP contribution is 2.27. The molecule has 5 nitrogen and oxygen atoms in total. The number of rotatable bonds is 5. The van der Waals surface area contributed by atoms with Crippen molar-refractivity contribution in [1.82, 2.24) is 4.90 Å². The van der Waals surface area contributed by atoms with Crippen molar-refractivity contribution >= 4 is 22.6 Å². The van der Waals surface area contributed by atoms with Crippen LogP contribution in [0.3, 0.4) is 0 Å². The second kappa shape index (κ2) is 6.91. The van der Waals surface area contributed by atoms with E-state index in [1.165, 1.54) is 0 Å². The average Bonchev–Trinajstić information content (AvgIpc) is 3.01. The molecular weight excluding hydrogens is 306 g/mol. The zero-order chi connectivity index (χ0) is 17.1. The summed E-state index contributed by atoms with van der Waals surface area (Å²) in [5, 5.41) is 11.0. The lowest BCUT2D eigenvalue weighted by Crippen LogP contribution is -2.43. The number of amides is 1. The molecule has 5 heteroatoms. The van der Waals surface area contributed by atoms with E-state index in [2.05, 4.69) is 0 Å². The molecular formula is C19H21NO4. The molecule has 1 saturated heterocycles. The van der Waals surface area contributed by atoms with Gasteiger partial charge in [0.25, 0.3) is 5.91 Å². The Morgan fingerprint density at radius 2 is 2.00 bits per heavy atom. The third-order valence-corrected chi connectivity index (χ3v) is 4.47. The van der Waals surface area contributed by atoms with Crippen molar-refractivity contribution in [3.05, 3.63) is 42.5 Å². The lowest BCUT2D eigenvalue weighted by atomic mass is 10.1. The number of benzene rings is 2. The van der Waals surface area contributed by atoms with Crippen molar-refractivity contribution in [2.45, 2.75) is 38.3 Å². The van der Waals surface area contributed by atoms with Crippen molar-refractivity contribution in [2.24, 2.45) is 0 Å². The highest BCUT2D eigenvalue weighted by molar-refractivity contribution is 5.89. The standard InChI is InChI=1S/C19H21NO4/c1-13(19(23)20-11-5-8-15(20)12-18(21)22)24-17-10-4-7-14-6-2-3-9-16(14)17/h2-4,6-7,9-10,13,15H,5,8,11-12H2,1H3,(H,21,22). The van der Waals surface area contributed by atoms with Gasteiger partial charge in [0, 0.05) is 18.0 Å². The number of hydrogen-bond donors (Lipinski definition) is 1.